The van der Waals surface area contributed by atoms with Gasteiger partial charge in [0.2, 0.25) is 0 Å². The number of ether oxygens (including phenoxy) is 1. The summed E-state index contributed by atoms with van der Waals surface area (Å²) < 4.78 is 5.77. The van der Waals surface area contributed by atoms with Crippen molar-refractivity contribution in [2.75, 3.05) is 6.54 Å². The number of esters is 1. The third kappa shape index (κ3) is 4.87. The van der Waals surface area contributed by atoms with E-state index in [1.807, 2.05) is 74.5 Å². The van der Waals surface area contributed by atoms with Crippen LogP contribution in [-0.4, -0.2) is 45.6 Å². The Bertz CT molecular complexity index is 1060. The largest absolute Gasteiger partial charge is 0.460 e. The van der Waals surface area contributed by atoms with Gasteiger partial charge in [0.15, 0.2) is 0 Å². The highest BCUT2D eigenvalue weighted by atomic mass is 16.5. The van der Waals surface area contributed by atoms with Crippen LogP contribution in [0.2, 0.25) is 0 Å². The van der Waals surface area contributed by atoms with Gasteiger partial charge in [-0.25, -0.2) is 0 Å². The zero-order valence-electron chi connectivity index (χ0n) is 19.5. The van der Waals surface area contributed by atoms with Crippen molar-refractivity contribution in [2.24, 2.45) is 5.92 Å². The van der Waals surface area contributed by atoms with Gasteiger partial charge in [-0.2, -0.15) is 0 Å². The maximum Gasteiger partial charge on any atom is 0.306 e. The molecule has 2 aromatic carbocycles. The Morgan fingerprint density at radius 2 is 1.59 bits per heavy atom. The molecule has 34 heavy (non-hydrogen) atoms. The zero-order valence-corrected chi connectivity index (χ0v) is 19.5. The van der Waals surface area contributed by atoms with E-state index in [0.29, 0.717) is 24.0 Å². The molecule has 0 spiro atoms. The average molecular weight is 459 g/mol. The second-order valence-electron chi connectivity index (χ2n) is 9.13. The lowest BCUT2D eigenvalue weighted by atomic mass is 9.78. The van der Waals surface area contributed by atoms with Gasteiger partial charge in [-0.3, -0.25) is 14.6 Å². The summed E-state index contributed by atoms with van der Waals surface area (Å²) in [6, 6.07) is 23.1. The highest BCUT2D eigenvalue weighted by molar-refractivity contribution is 5.93. The first-order chi connectivity index (χ1) is 16.4. The van der Waals surface area contributed by atoms with E-state index in [-0.39, 0.29) is 30.0 Å². The molecule has 1 aromatic heterocycles. The topological polar surface area (TPSA) is 79.7 Å². The molecular formula is C28H30N2O4. The normalized spacial score (nSPS) is 18.2. The van der Waals surface area contributed by atoms with Crippen molar-refractivity contribution in [3.05, 3.63) is 102 Å². The molecule has 0 bridgehead atoms. The molecule has 0 radical (unpaired) electrons. The van der Waals surface area contributed by atoms with Crippen LogP contribution in [0.5, 0.6) is 0 Å². The molecule has 0 unspecified atom stereocenters. The van der Waals surface area contributed by atoms with Crippen molar-refractivity contribution in [1.82, 2.24) is 9.88 Å². The number of aromatic nitrogens is 1. The Morgan fingerprint density at radius 3 is 2.12 bits per heavy atom. The lowest BCUT2D eigenvalue weighted by molar-refractivity contribution is -0.149. The average Bonchev–Trinajstić information content (AvgIpc) is 3.28. The van der Waals surface area contributed by atoms with Crippen molar-refractivity contribution in [3.63, 3.8) is 0 Å². The molecule has 0 aliphatic carbocycles. The molecule has 1 saturated heterocycles. The van der Waals surface area contributed by atoms with E-state index in [2.05, 4.69) is 4.98 Å². The standard InChI is InChI=1S/C28H30N2O4/c1-20(2)17-26(31)34-23-18-25(30(19-23)27(32)24-15-9-10-16-29-24)28(33,21-11-5-3-6-12-21)22-13-7-4-8-14-22/h3-16,20,23,25,33H,17-19H2,1-2H3/t23-,25+/m1/s1. The van der Waals surface area contributed by atoms with E-state index in [4.69, 9.17) is 4.74 Å². The molecule has 6 heteroatoms. The monoisotopic (exact) mass is 458 g/mol. The van der Waals surface area contributed by atoms with Crippen LogP contribution in [0.15, 0.2) is 85.1 Å². The van der Waals surface area contributed by atoms with E-state index >= 15 is 0 Å². The Labute approximate surface area is 200 Å². The lowest BCUT2D eigenvalue weighted by Crippen LogP contribution is -2.50. The number of benzene rings is 2. The van der Waals surface area contributed by atoms with E-state index in [9.17, 15) is 14.7 Å². The van der Waals surface area contributed by atoms with Gasteiger partial charge in [-0.05, 0) is 29.2 Å². The molecule has 2 heterocycles. The van der Waals surface area contributed by atoms with E-state index in [1.165, 1.54) is 0 Å². The van der Waals surface area contributed by atoms with Crippen molar-refractivity contribution in [2.45, 2.75) is 44.4 Å². The molecule has 1 aliphatic heterocycles. The summed E-state index contributed by atoms with van der Waals surface area (Å²) in [5.41, 5.74) is 0.107. The van der Waals surface area contributed by atoms with Crippen LogP contribution in [0, 0.1) is 5.92 Å². The number of carbonyl (C=O) groups excluding carboxylic acids is 2. The Kier molecular flexibility index (Phi) is 7.08. The summed E-state index contributed by atoms with van der Waals surface area (Å²) in [5, 5.41) is 12.4. The predicted octanol–water partition coefficient (Wildman–Crippen LogP) is 4.19. The van der Waals surface area contributed by atoms with Crippen molar-refractivity contribution in [1.29, 1.82) is 0 Å². The van der Waals surface area contributed by atoms with Gasteiger partial charge in [0.25, 0.3) is 5.91 Å². The first-order valence-electron chi connectivity index (χ1n) is 11.6. The van der Waals surface area contributed by atoms with Crippen LogP contribution >= 0.6 is 0 Å². The maximum atomic E-state index is 13.6. The number of carbonyl (C=O) groups is 2. The fraction of sp³-hybridized carbons (Fsp3) is 0.321. The number of amides is 1. The Hall–Kier alpha value is -3.51. The van der Waals surface area contributed by atoms with Crippen LogP contribution in [-0.2, 0) is 15.1 Å². The molecule has 0 saturated carbocycles. The van der Waals surface area contributed by atoms with Gasteiger partial charge in [-0.15, -0.1) is 0 Å². The van der Waals surface area contributed by atoms with E-state index in [0.717, 1.165) is 0 Å². The number of pyridine rings is 1. The summed E-state index contributed by atoms with van der Waals surface area (Å²) >= 11 is 0. The van der Waals surface area contributed by atoms with E-state index in [1.54, 1.807) is 29.3 Å². The van der Waals surface area contributed by atoms with Crippen LogP contribution in [0.1, 0.15) is 48.3 Å². The minimum Gasteiger partial charge on any atom is -0.460 e. The summed E-state index contributed by atoms with van der Waals surface area (Å²) in [7, 11) is 0. The molecule has 1 N–H and O–H groups in total. The number of nitrogens with zero attached hydrogens (tertiary/aromatic N) is 2. The quantitative estimate of drug-likeness (QED) is 0.537. The van der Waals surface area contributed by atoms with Crippen molar-refractivity contribution >= 4 is 11.9 Å². The highest BCUT2D eigenvalue weighted by Crippen LogP contribution is 2.41. The van der Waals surface area contributed by atoms with Gasteiger partial charge in [0.05, 0.1) is 12.6 Å². The Morgan fingerprint density at radius 1 is 1.00 bits per heavy atom. The van der Waals surface area contributed by atoms with Gasteiger partial charge in [0.1, 0.15) is 17.4 Å². The summed E-state index contributed by atoms with van der Waals surface area (Å²) in [6.45, 7) is 4.10. The van der Waals surface area contributed by atoms with Crippen LogP contribution in [0.3, 0.4) is 0 Å². The van der Waals surface area contributed by atoms with Crippen molar-refractivity contribution in [3.8, 4) is 0 Å². The van der Waals surface area contributed by atoms with Gasteiger partial charge >= 0.3 is 5.97 Å². The Balaban J connectivity index is 1.76. The third-order valence-electron chi connectivity index (χ3n) is 6.19. The second-order valence-corrected chi connectivity index (χ2v) is 9.13. The fourth-order valence-electron chi connectivity index (χ4n) is 4.64. The second kappa shape index (κ2) is 10.2. The fourth-order valence-corrected chi connectivity index (χ4v) is 4.64. The van der Waals surface area contributed by atoms with Crippen LogP contribution < -0.4 is 0 Å². The smallest absolute Gasteiger partial charge is 0.306 e. The molecule has 1 aliphatic rings. The number of aliphatic hydroxyl groups is 1. The first-order valence-corrected chi connectivity index (χ1v) is 11.6. The zero-order chi connectivity index (χ0) is 24.1. The number of rotatable bonds is 7. The molecule has 1 amide bonds. The van der Waals surface area contributed by atoms with Gasteiger partial charge < -0.3 is 14.7 Å². The van der Waals surface area contributed by atoms with E-state index < -0.39 is 17.7 Å². The lowest BCUT2D eigenvalue weighted by Gasteiger charge is -2.39. The highest BCUT2D eigenvalue weighted by Gasteiger charge is 2.51. The van der Waals surface area contributed by atoms with Gasteiger partial charge in [-0.1, -0.05) is 80.6 Å². The molecule has 6 nitrogen and oxygen atoms in total. The van der Waals surface area contributed by atoms with Crippen molar-refractivity contribution < 1.29 is 19.4 Å². The van der Waals surface area contributed by atoms with Crippen LogP contribution in [0.25, 0.3) is 0 Å². The maximum absolute atomic E-state index is 13.6. The SMILES string of the molecule is CC(C)CC(=O)O[C@@H]1C[C@@H](C(O)(c2ccccc2)c2ccccc2)N(C(=O)c2ccccn2)C1. The summed E-state index contributed by atoms with van der Waals surface area (Å²) in [4.78, 5) is 31.9. The molecule has 2 atom stereocenters. The first kappa shape index (κ1) is 23.6. The summed E-state index contributed by atoms with van der Waals surface area (Å²) in [5.74, 6) is -0.436. The van der Waals surface area contributed by atoms with Crippen LogP contribution in [0.4, 0.5) is 0 Å². The number of likely N-dealkylation sites (tertiary alicyclic amines) is 1. The molecule has 1 fully saturated rings. The molecular weight excluding hydrogens is 428 g/mol. The number of hydrogen-bond acceptors (Lipinski definition) is 5. The molecule has 3 aromatic rings. The minimum atomic E-state index is -1.51. The molecule has 4 rings (SSSR count). The summed E-state index contributed by atoms with van der Waals surface area (Å²) in [6.07, 6.45) is 1.65. The predicted molar refractivity (Wildman–Crippen MR) is 129 cm³/mol. The van der Waals surface area contributed by atoms with Gasteiger partial charge in [0, 0.05) is 19.0 Å². The molecule has 176 valence electrons. The number of hydrogen-bond donors (Lipinski definition) is 1. The minimum absolute atomic E-state index is 0.168. The third-order valence-corrected chi connectivity index (χ3v) is 6.19.